The summed E-state index contributed by atoms with van der Waals surface area (Å²) in [5.74, 6) is 0.112. The fourth-order valence-corrected chi connectivity index (χ4v) is 1.10. The summed E-state index contributed by atoms with van der Waals surface area (Å²) in [5, 5.41) is 0. The first-order valence-corrected chi connectivity index (χ1v) is 4.51. The van der Waals surface area contributed by atoms with E-state index in [1.165, 1.54) is 0 Å². The van der Waals surface area contributed by atoms with Crippen LogP contribution in [0.4, 0.5) is 13.2 Å². The minimum atomic E-state index is -4.41. The third-order valence-corrected chi connectivity index (χ3v) is 1.97. The first-order chi connectivity index (χ1) is 6.93. The molecule has 1 rings (SSSR count). The molecule has 0 saturated heterocycles. The molecule has 0 saturated carbocycles. The van der Waals surface area contributed by atoms with Gasteiger partial charge in [-0.1, -0.05) is 6.92 Å². The molecule has 6 heteroatoms. The molecule has 1 aromatic rings. The lowest BCUT2D eigenvalue weighted by Gasteiger charge is -2.09. The van der Waals surface area contributed by atoms with Gasteiger partial charge in [-0.15, -0.1) is 0 Å². The number of hydrogen-bond donors (Lipinski definition) is 1. The molecule has 1 aromatic heterocycles. The van der Waals surface area contributed by atoms with E-state index < -0.39 is 11.9 Å². The highest BCUT2D eigenvalue weighted by Crippen LogP contribution is 2.27. The van der Waals surface area contributed by atoms with Crippen LogP contribution in [0.3, 0.4) is 0 Å². The lowest BCUT2D eigenvalue weighted by molar-refractivity contribution is -0.141. The predicted octanol–water partition coefficient (Wildman–Crippen LogP) is 1.63. The van der Waals surface area contributed by atoms with Crippen molar-refractivity contribution in [2.75, 3.05) is 6.54 Å². The molecular formula is C9H12F3N3. The van der Waals surface area contributed by atoms with Crippen LogP contribution in [-0.2, 0) is 12.6 Å². The highest BCUT2D eigenvalue weighted by molar-refractivity contribution is 5.11. The second-order valence-electron chi connectivity index (χ2n) is 3.44. The summed E-state index contributed by atoms with van der Waals surface area (Å²) in [6, 6.07) is 0.964. The van der Waals surface area contributed by atoms with E-state index in [0.717, 1.165) is 12.4 Å². The minimum absolute atomic E-state index is 0.112. The van der Waals surface area contributed by atoms with Gasteiger partial charge >= 0.3 is 6.18 Å². The first-order valence-electron chi connectivity index (χ1n) is 4.51. The average molecular weight is 219 g/mol. The van der Waals surface area contributed by atoms with Crippen molar-refractivity contribution in [3.63, 3.8) is 0 Å². The Morgan fingerprint density at radius 1 is 1.40 bits per heavy atom. The Morgan fingerprint density at radius 2 is 2.07 bits per heavy atom. The second kappa shape index (κ2) is 4.57. The molecule has 1 unspecified atom stereocenters. The molecule has 0 aliphatic rings. The molecule has 15 heavy (non-hydrogen) atoms. The standard InChI is InChI=1S/C9H12F3N3/c1-6(4-13)2-7-3-8(9(10,11)12)15-5-14-7/h3,5-6H,2,4,13H2,1H3. The van der Waals surface area contributed by atoms with Gasteiger partial charge in [-0.25, -0.2) is 9.97 Å². The number of alkyl halides is 3. The molecule has 84 valence electrons. The van der Waals surface area contributed by atoms with Crippen molar-refractivity contribution in [3.8, 4) is 0 Å². The van der Waals surface area contributed by atoms with E-state index in [2.05, 4.69) is 9.97 Å². The summed E-state index contributed by atoms with van der Waals surface area (Å²) in [7, 11) is 0. The van der Waals surface area contributed by atoms with E-state index in [-0.39, 0.29) is 5.92 Å². The van der Waals surface area contributed by atoms with Crippen LogP contribution in [0.1, 0.15) is 18.3 Å². The Morgan fingerprint density at radius 3 is 2.60 bits per heavy atom. The Kier molecular flexibility index (Phi) is 3.62. The van der Waals surface area contributed by atoms with Crippen LogP contribution in [0.2, 0.25) is 0 Å². The summed E-state index contributed by atoms with van der Waals surface area (Å²) in [4.78, 5) is 6.95. The van der Waals surface area contributed by atoms with Gasteiger partial charge in [0, 0.05) is 5.69 Å². The van der Waals surface area contributed by atoms with E-state index >= 15 is 0 Å². The maximum absolute atomic E-state index is 12.3. The highest BCUT2D eigenvalue weighted by atomic mass is 19.4. The lowest BCUT2D eigenvalue weighted by Crippen LogP contribution is -2.15. The first kappa shape index (κ1) is 11.9. The predicted molar refractivity (Wildman–Crippen MR) is 49.0 cm³/mol. The van der Waals surface area contributed by atoms with E-state index in [4.69, 9.17) is 5.73 Å². The maximum atomic E-state index is 12.3. The SMILES string of the molecule is CC(CN)Cc1cc(C(F)(F)F)ncn1. The number of halogens is 3. The van der Waals surface area contributed by atoms with Crippen molar-refractivity contribution in [3.05, 3.63) is 23.8 Å². The highest BCUT2D eigenvalue weighted by Gasteiger charge is 2.32. The largest absolute Gasteiger partial charge is 0.433 e. The summed E-state index contributed by atoms with van der Waals surface area (Å²) >= 11 is 0. The summed E-state index contributed by atoms with van der Waals surface area (Å²) in [6.45, 7) is 2.28. The van der Waals surface area contributed by atoms with Crippen LogP contribution in [0.25, 0.3) is 0 Å². The van der Waals surface area contributed by atoms with Crippen LogP contribution in [0.5, 0.6) is 0 Å². The van der Waals surface area contributed by atoms with Crippen molar-refractivity contribution in [2.45, 2.75) is 19.5 Å². The van der Waals surface area contributed by atoms with Crippen LogP contribution in [0.15, 0.2) is 12.4 Å². The number of nitrogens with zero attached hydrogens (tertiary/aromatic N) is 2. The molecule has 0 fully saturated rings. The lowest BCUT2D eigenvalue weighted by atomic mass is 10.1. The third-order valence-electron chi connectivity index (χ3n) is 1.97. The number of aromatic nitrogens is 2. The fourth-order valence-electron chi connectivity index (χ4n) is 1.10. The van der Waals surface area contributed by atoms with Crippen molar-refractivity contribution in [1.29, 1.82) is 0 Å². The Balaban J connectivity index is 2.84. The molecule has 0 bridgehead atoms. The summed E-state index contributed by atoms with van der Waals surface area (Å²) < 4.78 is 36.8. The van der Waals surface area contributed by atoms with Gasteiger partial charge in [-0.2, -0.15) is 13.2 Å². The van der Waals surface area contributed by atoms with Crippen LogP contribution in [0, 0.1) is 5.92 Å². The summed E-state index contributed by atoms with van der Waals surface area (Å²) in [5.41, 5.74) is 4.84. The van der Waals surface area contributed by atoms with Gasteiger partial charge in [-0.05, 0) is 24.9 Å². The topological polar surface area (TPSA) is 51.8 Å². The molecule has 1 heterocycles. The van der Waals surface area contributed by atoms with Crippen LogP contribution in [-0.4, -0.2) is 16.5 Å². The third kappa shape index (κ3) is 3.47. The molecule has 0 aromatic carbocycles. The maximum Gasteiger partial charge on any atom is 0.433 e. The summed E-state index contributed by atoms with van der Waals surface area (Å²) in [6.07, 6.45) is -3.05. The molecule has 0 aliphatic heterocycles. The Labute approximate surface area is 85.5 Å². The van der Waals surface area contributed by atoms with Crippen molar-refractivity contribution in [1.82, 2.24) is 9.97 Å². The molecule has 1 atom stereocenters. The second-order valence-corrected chi connectivity index (χ2v) is 3.44. The average Bonchev–Trinajstić information content (AvgIpc) is 2.17. The van der Waals surface area contributed by atoms with E-state index in [1.807, 2.05) is 6.92 Å². The molecule has 2 N–H and O–H groups in total. The zero-order chi connectivity index (χ0) is 11.5. The van der Waals surface area contributed by atoms with Crippen LogP contribution >= 0.6 is 0 Å². The van der Waals surface area contributed by atoms with Gasteiger partial charge in [0.15, 0.2) is 0 Å². The van der Waals surface area contributed by atoms with E-state index in [9.17, 15) is 13.2 Å². The Hall–Kier alpha value is -1.17. The zero-order valence-corrected chi connectivity index (χ0v) is 8.25. The molecule has 0 amide bonds. The molecule has 0 aliphatic carbocycles. The molecular weight excluding hydrogens is 207 g/mol. The van der Waals surface area contributed by atoms with Gasteiger partial charge < -0.3 is 5.73 Å². The molecule has 0 radical (unpaired) electrons. The van der Waals surface area contributed by atoms with E-state index in [1.54, 1.807) is 0 Å². The smallest absolute Gasteiger partial charge is 0.330 e. The van der Waals surface area contributed by atoms with Crippen molar-refractivity contribution >= 4 is 0 Å². The fraction of sp³-hybridized carbons (Fsp3) is 0.556. The zero-order valence-electron chi connectivity index (χ0n) is 8.25. The number of rotatable bonds is 3. The minimum Gasteiger partial charge on any atom is -0.330 e. The van der Waals surface area contributed by atoms with Gasteiger partial charge in [0.05, 0.1) is 0 Å². The monoisotopic (exact) mass is 219 g/mol. The normalized spacial score (nSPS) is 13.9. The van der Waals surface area contributed by atoms with Gasteiger partial charge in [0.25, 0.3) is 0 Å². The van der Waals surface area contributed by atoms with Gasteiger partial charge in [-0.3, -0.25) is 0 Å². The van der Waals surface area contributed by atoms with Crippen molar-refractivity contribution in [2.24, 2.45) is 11.7 Å². The van der Waals surface area contributed by atoms with E-state index in [0.29, 0.717) is 18.7 Å². The number of hydrogen-bond acceptors (Lipinski definition) is 3. The van der Waals surface area contributed by atoms with Crippen LogP contribution < -0.4 is 5.73 Å². The molecule has 3 nitrogen and oxygen atoms in total. The van der Waals surface area contributed by atoms with Gasteiger partial charge in [0.2, 0.25) is 0 Å². The quantitative estimate of drug-likeness (QED) is 0.840. The Bertz CT molecular complexity index is 325. The molecule has 0 spiro atoms. The van der Waals surface area contributed by atoms with Gasteiger partial charge in [0.1, 0.15) is 12.0 Å². The van der Waals surface area contributed by atoms with Crippen molar-refractivity contribution < 1.29 is 13.2 Å². The number of nitrogens with two attached hydrogens (primary N) is 1.